The van der Waals surface area contributed by atoms with Crippen molar-refractivity contribution in [2.75, 3.05) is 7.11 Å². The van der Waals surface area contributed by atoms with E-state index in [1.807, 2.05) is 24.3 Å². The van der Waals surface area contributed by atoms with Crippen LogP contribution in [0.2, 0.25) is 0 Å². The maximum absolute atomic E-state index is 5.72. The number of hydrogen-bond donors (Lipinski definition) is 1. The second-order valence-electron chi connectivity index (χ2n) is 4.51. The van der Waals surface area contributed by atoms with Crippen LogP contribution in [-0.2, 0) is 6.54 Å². The van der Waals surface area contributed by atoms with E-state index in [4.69, 9.17) is 9.15 Å². The lowest BCUT2D eigenvalue weighted by Crippen LogP contribution is -2.15. The number of oxazole rings is 1. The summed E-state index contributed by atoms with van der Waals surface area (Å²) >= 11 is 0. The zero-order chi connectivity index (χ0) is 12.4. The lowest BCUT2D eigenvalue weighted by Gasteiger charge is -2.01. The van der Waals surface area contributed by atoms with Gasteiger partial charge in [-0.1, -0.05) is 12.1 Å². The number of aromatic nitrogens is 1. The van der Waals surface area contributed by atoms with Gasteiger partial charge in [0.1, 0.15) is 5.75 Å². The van der Waals surface area contributed by atoms with Crippen molar-refractivity contribution in [1.82, 2.24) is 10.3 Å². The molecule has 0 unspecified atom stereocenters. The monoisotopic (exact) mass is 244 g/mol. The molecule has 0 saturated heterocycles. The Kier molecular flexibility index (Phi) is 3.02. The minimum atomic E-state index is 0.664. The van der Waals surface area contributed by atoms with Crippen LogP contribution in [0.3, 0.4) is 0 Å². The van der Waals surface area contributed by atoms with Crippen molar-refractivity contribution >= 4 is 0 Å². The van der Waals surface area contributed by atoms with Gasteiger partial charge in [-0.25, -0.2) is 4.98 Å². The normalized spacial score (nSPS) is 14.7. The third-order valence-corrected chi connectivity index (χ3v) is 3.03. The van der Waals surface area contributed by atoms with Crippen molar-refractivity contribution in [1.29, 1.82) is 0 Å². The van der Waals surface area contributed by atoms with E-state index in [0.717, 1.165) is 23.0 Å². The van der Waals surface area contributed by atoms with Gasteiger partial charge in [0, 0.05) is 11.6 Å². The van der Waals surface area contributed by atoms with Crippen LogP contribution < -0.4 is 10.1 Å². The molecule has 0 amide bonds. The molecule has 2 aromatic rings. The molecule has 1 aromatic carbocycles. The van der Waals surface area contributed by atoms with Crippen molar-refractivity contribution in [3.05, 3.63) is 36.4 Å². The Bertz CT molecular complexity index is 532. The van der Waals surface area contributed by atoms with Gasteiger partial charge in [-0.05, 0) is 25.0 Å². The van der Waals surface area contributed by atoms with E-state index < -0.39 is 0 Å². The Balaban J connectivity index is 1.74. The van der Waals surface area contributed by atoms with Crippen molar-refractivity contribution < 1.29 is 9.15 Å². The van der Waals surface area contributed by atoms with Crippen molar-refractivity contribution in [2.45, 2.75) is 25.4 Å². The Morgan fingerprint density at radius 1 is 1.44 bits per heavy atom. The van der Waals surface area contributed by atoms with Crippen LogP contribution in [0.25, 0.3) is 11.3 Å². The average Bonchev–Trinajstić information content (AvgIpc) is 3.13. The molecule has 1 aromatic heterocycles. The highest BCUT2D eigenvalue weighted by Gasteiger charge is 2.20. The maximum atomic E-state index is 5.72. The van der Waals surface area contributed by atoms with Gasteiger partial charge in [0.05, 0.1) is 19.9 Å². The van der Waals surface area contributed by atoms with Crippen LogP contribution >= 0.6 is 0 Å². The first-order valence-electron chi connectivity index (χ1n) is 6.17. The van der Waals surface area contributed by atoms with Gasteiger partial charge in [0.15, 0.2) is 5.76 Å². The van der Waals surface area contributed by atoms with E-state index in [-0.39, 0.29) is 0 Å². The number of nitrogens with one attached hydrogen (secondary N) is 1. The van der Waals surface area contributed by atoms with Crippen LogP contribution in [0.15, 0.2) is 34.9 Å². The summed E-state index contributed by atoms with van der Waals surface area (Å²) in [5.74, 6) is 2.34. The molecule has 3 rings (SSSR count). The number of hydrogen-bond acceptors (Lipinski definition) is 4. The highest BCUT2D eigenvalue weighted by atomic mass is 16.5. The summed E-state index contributed by atoms with van der Waals surface area (Å²) in [6.07, 6.45) is 4.30. The van der Waals surface area contributed by atoms with Gasteiger partial charge < -0.3 is 14.5 Å². The molecule has 18 heavy (non-hydrogen) atoms. The number of rotatable bonds is 5. The van der Waals surface area contributed by atoms with Crippen molar-refractivity contribution in [3.63, 3.8) is 0 Å². The van der Waals surface area contributed by atoms with Crippen molar-refractivity contribution in [3.8, 4) is 17.1 Å². The Morgan fingerprint density at radius 3 is 3.11 bits per heavy atom. The van der Waals surface area contributed by atoms with Crippen LogP contribution in [0.5, 0.6) is 5.75 Å². The zero-order valence-electron chi connectivity index (χ0n) is 10.3. The zero-order valence-corrected chi connectivity index (χ0v) is 10.3. The quantitative estimate of drug-likeness (QED) is 0.878. The summed E-state index contributed by atoms with van der Waals surface area (Å²) in [6, 6.07) is 8.45. The molecule has 0 atom stereocenters. The Labute approximate surface area is 106 Å². The summed E-state index contributed by atoms with van der Waals surface area (Å²) < 4.78 is 10.9. The molecule has 0 aliphatic heterocycles. The van der Waals surface area contributed by atoms with E-state index in [0.29, 0.717) is 12.6 Å². The molecule has 1 fully saturated rings. The fraction of sp³-hybridized carbons (Fsp3) is 0.357. The van der Waals surface area contributed by atoms with Crippen LogP contribution in [0, 0.1) is 0 Å². The molecule has 4 heteroatoms. The SMILES string of the molecule is COc1cccc(-c2cnc(CNC3CC3)o2)c1. The molecule has 0 radical (unpaired) electrons. The molecule has 0 spiro atoms. The first-order chi connectivity index (χ1) is 8.85. The molecule has 0 bridgehead atoms. The highest BCUT2D eigenvalue weighted by molar-refractivity contribution is 5.58. The smallest absolute Gasteiger partial charge is 0.208 e. The second kappa shape index (κ2) is 4.82. The molecule has 1 aliphatic carbocycles. The molecule has 1 heterocycles. The topological polar surface area (TPSA) is 47.3 Å². The van der Waals surface area contributed by atoms with Gasteiger partial charge in [0.2, 0.25) is 5.89 Å². The molecular weight excluding hydrogens is 228 g/mol. The van der Waals surface area contributed by atoms with Crippen molar-refractivity contribution in [2.24, 2.45) is 0 Å². The first-order valence-corrected chi connectivity index (χ1v) is 6.17. The first kappa shape index (κ1) is 11.3. The van der Waals surface area contributed by atoms with E-state index in [9.17, 15) is 0 Å². The highest BCUT2D eigenvalue weighted by Crippen LogP contribution is 2.25. The number of nitrogens with zero attached hydrogens (tertiary/aromatic N) is 1. The summed E-state index contributed by atoms with van der Waals surface area (Å²) in [5.41, 5.74) is 0.986. The van der Waals surface area contributed by atoms with Gasteiger partial charge >= 0.3 is 0 Å². The minimum absolute atomic E-state index is 0.664. The van der Waals surface area contributed by atoms with Crippen LogP contribution in [0.1, 0.15) is 18.7 Å². The predicted octanol–water partition coefficient (Wildman–Crippen LogP) is 2.60. The van der Waals surface area contributed by atoms with Crippen LogP contribution in [-0.4, -0.2) is 18.1 Å². The Hall–Kier alpha value is -1.81. The number of ether oxygens (including phenoxy) is 1. The number of methoxy groups -OCH3 is 1. The molecule has 94 valence electrons. The molecule has 1 saturated carbocycles. The largest absolute Gasteiger partial charge is 0.497 e. The lowest BCUT2D eigenvalue weighted by atomic mass is 10.2. The third-order valence-electron chi connectivity index (χ3n) is 3.03. The van der Waals surface area contributed by atoms with Gasteiger partial charge in [0.25, 0.3) is 0 Å². The molecule has 4 nitrogen and oxygen atoms in total. The summed E-state index contributed by atoms with van der Waals surface area (Å²) in [6.45, 7) is 0.703. The summed E-state index contributed by atoms with van der Waals surface area (Å²) in [7, 11) is 1.66. The fourth-order valence-corrected chi connectivity index (χ4v) is 1.82. The van der Waals surface area contributed by atoms with E-state index in [2.05, 4.69) is 10.3 Å². The average molecular weight is 244 g/mol. The standard InChI is InChI=1S/C14H16N2O2/c1-17-12-4-2-3-10(7-12)13-8-16-14(18-13)9-15-11-5-6-11/h2-4,7-8,11,15H,5-6,9H2,1H3. The minimum Gasteiger partial charge on any atom is -0.497 e. The molecule has 1 N–H and O–H groups in total. The molecular formula is C14H16N2O2. The van der Waals surface area contributed by atoms with Crippen LogP contribution in [0.4, 0.5) is 0 Å². The maximum Gasteiger partial charge on any atom is 0.208 e. The van der Waals surface area contributed by atoms with E-state index in [1.165, 1.54) is 12.8 Å². The van der Waals surface area contributed by atoms with E-state index >= 15 is 0 Å². The number of benzene rings is 1. The lowest BCUT2D eigenvalue weighted by molar-refractivity contribution is 0.414. The molecule has 1 aliphatic rings. The van der Waals surface area contributed by atoms with E-state index in [1.54, 1.807) is 13.3 Å². The summed E-state index contributed by atoms with van der Waals surface area (Å²) in [5, 5.41) is 3.38. The fourth-order valence-electron chi connectivity index (χ4n) is 1.82. The van der Waals surface area contributed by atoms with Gasteiger partial charge in [-0.3, -0.25) is 0 Å². The van der Waals surface area contributed by atoms with Gasteiger partial charge in [-0.2, -0.15) is 0 Å². The van der Waals surface area contributed by atoms with Gasteiger partial charge in [-0.15, -0.1) is 0 Å². The summed E-state index contributed by atoms with van der Waals surface area (Å²) in [4.78, 5) is 4.28. The Morgan fingerprint density at radius 2 is 2.33 bits per heavy atom. The predicted molar refractivity (Wildman–Crippen MR) is 68.4 cm³/mol. The third kappa shape index (κ3) is 2.54. The second-order valence-corrected chi connectivity index (χ2v) is 4.51.